The third-order valence-corrected chi connectivity index (χ3v) is 5.48. The van der Waals surface area contributed by atoms with E-state index in [1.165, 1.54) is 45.1 Å². The molecule has 0 heterocycles. The van der Waals surface area contributed by atoms with Crippen molar-refractivity contribution in [1.82, 2.24) is 10.2 Å². The summed E-state index contributed by atoms with van der Waals surface area (Å²) in [5, 5.41) is 12.9. The van der Waals surface area contributed by atoms with Crippen molar-refractivity contribution < 1.29 is 5.11 Å². The van der Waals surface area contributed by atoms with E-state index in [2.05, 4.69) is 31.1 Å². The van der Waals surface area contributed by atoms with E-state index in [-0.39, 0.29) is 0 Å². The Bertz CT molecular complexity index is 274. The zero-order valence-corrected chi connectivity index (χ0v) is 13.0. The van der Waals surface area contributed by atoms with Crippen molar-refractivity contribution in [3.63, 3.8) is 0 Å². The molecule has 19 heavy (non-hydrogen) atoms. The highest BCUT2D eigenvalue weighted by molar-refractivity contribution is 4.97. The number of aliphatic hydroxyl groups is 1. The van der Waals surface area contributed by atoms with Gasteiger partial charge in [-0.3, -0.25) is 4.90 Å². The summed E-state index contributed by atoms with van der Waals surface area (Å²) in [6.45, 7) is 7.11. The summed E-state index contributed by atoms with van der Waals surface area (Å²) in [6, 6.07) is 1.35. The van der Waals surface area contributed by atoms with E-state index >= 15 is 0 Å². The Morgan fingerprint density at radius 2 is 1.89 bits per heavy atom. The van der Waals surface area contributed by atoms with Crippen LogP contribution in [0.5, 0.6) is 0 Å². The number of hydrogen-bond acceptors (Lipinski definition) is 3. The molecule has 0 aromatic rings. The summed E-state index contributed by atoms with van der Waals surface area (Å²) < 4.78 is 0. The molecule has 0 bridgehead atoms. The molecule has 2 fully saturated rings. The van der Waals surface area contributed by atoms with E-state index in [9.17, 15) is 5.11 Å². The molecule has 2 unspecified atom stereocenters. The molecule has 2 aliphatic rings. The summed E-state index contributed by atoms with van der Waals surface area (Å²) in [7, 11) is 2.11. The van der Waals surface area contributed by atoms with Gasteiger partial charge in [0.1, 0.15) is 0 Å². The molecule has 3 nitrogen and oxygen atoms in total. The summed E-state index contributed by atoms with van der Waals surface area (Å²) in [5.74, 6) is 0.743. The van der Waals surface area contributed by atoms with Gasteiger partial charge in [0.15, 0.2) is 0 Å². The maximum atomic E-state index is 9.34. The van der Waals surface area contributed by atoms with Gasteiger partial charge < -0.3 is 10.4 Å². The molecule has 0 amide bonds. The molecule has 0 saturated heterocycles. The van der Waals surface area contributed by atoms with Crippen LogP contribution in [-0.2, 0) is 0 Å². The quantitative estimate of drug-likeness (QED) is 0.775. The molecule has 112 valence electrons. The van der Waals surface area contributed by atoms with Crippen LogP contribution in [0.3, 0.4) is 0 Å². The molecular weight excluding hydrogens is 236 g/mol. The molecule has 3 heteroatoms. The van der Waals surface area contributed by atoms with Crippen LogP contribution in [0, 0.1) is 11.3 Å². The lowest BCUT2D eigenvalue weighted by atomic mass is 9.84. The second kappa shape index (κ2) is 6.55. The second-order valence-electron chi connectivity index (χ2n) is 7.21. The van der Waals surface area contributed by atoms with Crippen molar-refractivity contribution in [3.05, 3.63) is 0 Å². The Kier molecular flexibility index (Phi) is 5.27. The molecule has 2 N–H and O–H groups in total. The number of nitrogens with one attached hydrogen (secondary N) is 1. The molecule has 0 radical (unpaired) electrons. The molecule has 2 rings (SSSR count). The lowest BCUT2D eigenvalue weighted by Gasteiger charge is -2.35. The Balaban J connectivity index is 1.96. The average molecular weight is 268 g/mol. The van der Waals surface area contributed by atoms with Crippen LogP contribution >= 0.6 is 0 Å². The van der Waals surface area contributed by atoms with Gasteiger partial charge in [-0.1, -0.05) is 26.7 Å². The first-order valence-electron chi connectivity index (χ1n) is 8.10. The van der Waals surface area contributed by atoms with Crippen molar-refractivity contribution >= 4 is 0 Å². The number of aliphatic hydroxyl groups excluding tert-OH is 1. The number of rotatable bonds is 6. The van der Waals surface area contributed by atoms with Crippen LogP contribution in [0.2, 0.25) is 0 Å². The fourth-order valence-electron chi connectivity index (χ4n) is 4.46. The first-order chi connectivity index (χ1) is 9.08. The summed E-state index contributed by atoms with van der Waals surface area (Å²) in [4.78, 5) is 2.57. The predicted octanol–water partition coefficient (Wildman–Crippen LogP) is 2.25. The van der Waals surface area contributed by atoms with E-state index in [1.54, 1.807) is 0 Å². The van der Waals surface area contributed by atoms with Gasteiger partial charge in [0.2, 0.25) is 0 Å². The van der Waals surface area contributed by atoms with Crippen LogP contribution in [0.4, 0.5) is 0 Å². The molecule has 2 aliphatic carbocycles. The second-order valence-corrected chi connectivity index (χ2v) is 7.21. The monoisotopic (exact) mass is 268 g/mol. The lowest BCUT2D eigenvalue weighted by molar-refractivity contribution is 0.118. The molecule has 0 spiro atoms. The van der Waals surface area contributed by atoms with E-state index in [0.29, 0.717) is 18.1 Å². The highest BCUT2D eigenvalue weighted by atomic mass is 16.3. The van der Waals surface area contributed by atoms with Gasteiger partial charge >= 0.3 is 0 Å². The maximum absolute atomic E-state index is 9.34. The maximum Gasteiger partial charge on any atom is 0.0558 e. The zero-order valence-electron chi connectivity index (χ0n) is 13.0. The van der Waals surface area contributed by atoms with Gasteiger partial charge in [0.05, 0.1) is 6.61 Å². The van der Waals surface area contributed by atoms with Crippen molar-refractivity contribution in [2.45, 2.75) is 64.5 Å². The first kappa shape index (κ1) is 15.3. The minimum absolute atomic E-state index is 0.302. The first-order valence-corrected chi connectivity index (χ1v) is 8.10. The van der Waals surface area contributed by atoms with Gasteiger partial charge in [0, 0.05) is 25.2 Å². The van der Waals surface area contributed by atoms with E-state index in [4.69, 9.17) is 0 Å². The molecular formula is C16H32N2O. The van der Waals surface area contributed by atoms with Gasteiger partial charge in [0.25, 0.3) is 0 Å². The predicted molar refractivity (Wildman–Crippen MR) is 80.3 cm³/mol. The number of hydrogen-bond donors (Lipinski definition) is 2. The summed E-state index contributed by atoms with van der Waals surface area (Å²) >= 11 is 0. The van der Waals surface area contributed by atoms with Crippen LogP contribution in [0.15, 0.2) is 0 Å². The topological polar surface area (TPSA) is 35.5 Å². The molecule has 2 atom stereocenters. The Labute approximate surface area is 118 Å². The van der Waals surface area contributed by atoms with Gasteiger partial charge in [-0.05, 0) is 44.1 Å². The van der Waals surface area contributed by atoms with Crippen LogP contribution < -0.4 is 5.32 Å². The van der Waals surface area contributed by atoms with E-state index in [1.807, 2.05) is 0 Å². The van der Waals surface area contributed by atoms with Crippen molar-refractivity contribution in [3.8, 4) is 0 Å². The van der Waals surface area contributed by atoms with Crippen molar-refractivity contribution in [2.75, 3.05) is 26.7 Å². The molecule has 0 aromatic carbocycles. The van der Waals surface area contributed by atoms with Gasteiger partial charge in [-0.2, -0.15) is 0 Å². The SMILES string of the molecule is CNC1C(CN(CCO)C2CCCC2)CCC1(C)C. The van der Waals surface area contributed by atoms with E-state index < -0.39 is 0 Å². The highest BCUT2D eigenvalue weighted by Gasteiger charge is 2.41. The summed E-state index contributed by atoms with van der Waals surface area (Å²) in [6.07, 6.45) is 8.06. The van der Waals surface area contributed by atoms with Crippen LogP contribution in [0.25, 0.3) is 0 Å². The minimum Gasteiger partial charge on any atom is -0.395 e. The van der Waals surface area contributed by atoms with Crippen LogP contribution in [0.1, 0.15) is 52.4 Å². The smallest absolute Gasteiger partial charge is 0.0558 e. The third kappa shape index (κ3) is 3.50. The number of nitrogens with zero attached hydrogens (tertiary/aromatic N) is 1. The van der Waals surface area contributed by atoms with Crippen LogP contribution in [-0.4, -0.2) is 48.8 Å². The molecule has 0 aliphatic heterocycles. The van der Waals surface area contributed by atoms with Crippen molar-refractivity contribution in [1.29, 1.82) is 0 Å². The molecule has 2 saturated carbocycles. The average Bonchev–Trinajstić information content (AvgIpc) is 2.97. The lowest BCUT2D eigenvalue weighted by Crippen LogP contribution is -2.46. The van der Waals surface area contributed by atoms with Gasteiger partial charge in [-0.15, -0.1) is 0 Å². The minimum atomic E-state index is 0.302. The largest absolute Gasteiger partial charge is 0.395 e. The van der Waals surface area contributed by atoms with E-state index in [0.717, 1.165) is 18.5 Å². The molecule has 0 aromatic heterocycles. The van der Waals surface area contributed by atoms with Crippen molar-refractivity contribution in [2.24, 2.45) is 11.3 Å². The third-order valence-electron chi connectivity index (χ3n) is 5.48. The zero-order chi connectivity index (χ0) is 13.9. The fourth-order valence-corrected chi connectivity index (χ4v) is 4.46. The Morgan fingerprint density at radius 3 is 2.47 bits per heavy atom. The van der Waals surface area contributed by atoms with Gasteiger partial charge in [-0.25, -0.2) is 0 Å². The fraction of sp³-hybridized carbons (Fsp3) is 1.00. The standard InChI is InChI=1S/C16H32N2O/c1-16(2)9-8-13(15(16)17-3)12-18(10-11-19)14-6-4-5-7-14/h13-15,17,19H,4-12H2,1-3H3. The normalized spacial score (nSPS) is 31.4. The Morgan fingerprint density at radius 1 is 1.21 bits per heavy atom. The summed E-state index contributed by atoms with van der Waals surface area (Å²) in [5.41, 5.74) is 0.417. The highest BCUT2D eigenvalue weighted by Crippen LogP contribution is 2.42. The Hall–Kier alpha value is -0.120.